The quantitative estimate of drug-likeness (QED) is 0.453. The monoisotopic (exact) mass is 204 g/mol. The number of halogens is 1. The molecule has 2 amide bonds. The van der Waals surface area contributed by atoms with Crippen LogP contribution in [0.3, 0.4) is 0 Å². The van der Waals surface area contributed by atoms with Crippen molar-refractivity contribution in [3.8, 4) is 0 Å². The maximum atomic E-state index is 12.4. The highest BCUT2D eigenvalue weighted by molar-refractivity contribution is 5.89. The smallest absolute Gasteiger partial charge is 0.283 e. The van der Waals surface area contributed by atoms with Gasteiger partial charge >= 0.3 is 0 Å². The molecule has 78 valence electrons. The van der Waals surface area contributed by atoms with Crippen molar-refractivity contribution in [2.24, 2.45) is 5.73 Å². The fraction of sp³-hybridized carbons (Fsp3) is 0.429. The fourth-order valence-corrected chi connectivity index (χ4v) is 0.591. The van der Waals surface area contributed by atoms with Crippen molar-refractivity contribution in [1.82, 2.24) is 5.32 Å². The van der Waals surface area contributed by atoms with Crippen LogP contribution in [0.15, 0.2) is 12.0 Å². The molecule has 0 radical (unpaired) electrons. The van der Waals surface area contributed by atoms with Gasteiger partial charge in [-0.3, -0.25) is 9.59 Å². The van der Waals surface area contributed by atoms with Gasteiger partial charge in [-0.2, -0.15) is 4.39 Å². The number of rotatable bonds is 5. The summed E-state index contributed by atoms with van der Waals surface area (Å²) in [6, 6.07) is 0. The molecule has 0 aromatic carbocycles. The summed E-state index contributed by atoms with van der Waals surface area (Å²) < 4.78 is 12.6. The van der Waals surface area contributed by atoms with Crippen LogP contribution >= 0.6 is 0 Å². The van der Waals surface area contributed by atoms with Gasteiger partial charge in [0.2, 0.25) is 12.5 Å². The van der Waals surface area contributed by atoms with E-state index in [-0.39, 0.29) is 23.6 Å². The first-order valence-electron chi connectivity index (χ1n) is 3.79. The average Bonchev–Trinajstić information content (AvgIpc) is 2.13. The Morgan fingerprint density at radius 1 is 1.57 bits per heavy atom. The molecule has 6 nitrogen and oxygen atoms in total. The third kappa shape index (κ3) is 4.96. The van der Waals surface area contributed by atoms with Crippen molar-refractivity contribution in [3.63, 3.8) is 0 Å². The Labute approximate surface area is 79.5 Å². The zero-order valence-electron chi connectivity index (χ0n) is 7.62. The maximum absolute atomic E-state index is 12.4. The maximum Gasteiger partial charge on any atom is 0.283 e. The van der Waals surface area contributed by atoms with Crippen molar-refractivity contribution >= 4 is 11.8 Å². The summed E-state index contributed by atoms with van der Waals surface area (Å²) >= 11 is 0. The zero-order valence-corrected chi connectivity index (χ0v) is 7.62. The molecular formula is C7H11FN3O3+. The van der Waals surface area contributed by atoms with Crippen LogP contribution in [-0.2, 0) is 9.59 Å². The topological polar surface area (TPSA) is 92.3 Å². The number of primary amides is 1. The standard InChI is InChI=1S/C7H10FN3O3/c1-10-6(12)2-3-11(14)4-5(8)7(9)13/h4H,2-3H2,1H3,(H2-,9,10,12,13)/p+1. The van der Waals surface area contributed by atoms with E-state index in [1.165, 1.54) is 7.05 Å². The summed E-state index contributed by atoms with van der Waals surface area (Å²) in [6.45, 7) is -0.236. The summed E-state index contributed by atoms with van der Waals surface area (Å²) in [7, 11) is 1.41. The molecule has 0 heterocycles. The van der Waals surface area contributed by atoms with Gasteiger partial charge in [-0.15, -0.1) is 0 Å². The fourth-order valence-electron chi connectivity index (χ4n) is 0.591. The second kappa shape index (κ2) is 5.79. The predicted molar refractivity (Wildman–Crippen MR) is 45.6 cm³/mol. The van der Waals surface area contributed by atoms with Gasteiger partial charge in [0.1, 0.15) is 0 Å². The van der Waals surface area contributed by atoms with E-state index in [4.69, 9.17) is 0 Å². The summed E-state index contributed by atoms with van der Waals surface area (Å²) in [4.78, 5) is 31.6. The van der Waals surface area contributed by atoms with Crippen LogP contribution in [0.4, 0.5) is 4.39 Å². The first-order valence-corrected chi connectivity index (χ1v) is 3.79. The zero-order chi connectivity index (χ0) is 11.1. The van der Waals surface area contributed by atoms with Crippen LogP contribution in [0.5, 0.6) is 0 Å². The number of carbonyl (C=O) groups excluding carboxylic acids is 2. The Morgan fingerprint density at radius 3 is 2.57 bits per heavy atom. The average molecular weight is 204 g/mol. The van der Waals surface area contributed by atoms with Crippen LogP contribution in [0.25, 0.3) is 0 Å². The summed E-state index contributed by atoms with van der Waals surface area (Å²) in [5.41, 5.74) is 4.54. The van der Waals surface area contributed by atoms with E-state index >= 15 is 0 Å². The van der Waals surface area contributed by atoms with Crippen molar-refractivity contribution < 1.29 is 18.7 Å². The first kappa shape index (κ1) is 12.2. The molecule has 0 spiro atoms. The molecule has 0 saturated heterocycles. The SMILES string of the molecule is CNC(=O)CC[N+](=O)C=C(F)C(N)=O. The van der Waals surface area contributed by atoms with Crippen molar-refractivity contribution in [1.29, 1.82) is 0 Å². The lowest BCUT2D eigenvalue weighted by molar-refractivity contribution is -0.479. The number of hydrogen-bond donors (Lipinski definition) is 2. The molecule has 0 aromatic heterocycles. The van der Waals surface area contributed by atoms with Crippen LogP contribution < -0.4 is 11.1 Å². The van der Waals surface area contributed by atoms with Gasteiger partial charge < -0.3 is 11.1 Å². The van der Waals surface area contributed by atoms with E-state index in [0.717, 1.165) is 0 Å². The van der Waals surface area contributed by atoms with E-state index in [9.17, 15) is 18.9 Å². The van der Waals surface area contributed by atoms with E-state index in [2.05, 4.69) is 11.1 Å². The summed E-state index contributed by atoms with van der Waals surface area (Å²) in [5, 5.41) is 2.29. The van der Waals surface area contributed by atoms with Gasteiger partial charge in [0.15, 0.2) is 0 Å². The molecule has 0 aliphatic carbocycles. The molecule has 0 rings (SSSR count). The lowest BCUT2D eigenvalue weighted by atomic mass is 10.4. The highest BCUT2D eigenvalue weighted by atomic mass is 19.1. The number of nitrogens with zero attached hydrogens (tertiary/aromatic N) is 1. The minimum atomic E-state index is -1.34. The lowest BCUT2D eigenvalue weighted by Gasteiger charge is -1.91. The molecule has 0 atom stereocenters. The molecule has 3 N–H and O–H groups in total. The third-order valence-corrected chi connectivity index (χ3v) is 1.33. The number of carbonyl (C=O) groups is 2. The Kier molecular flexibility index (Phi) is 5.05. The van der Waals surface area contributed by atoms with Gasteiger partial charge in [0, 0.05) is 16.7 Å². The van der Waals surface area contributed by atoms with Gasteiger partial charge in [0.05, 0.1) is 6.42 Å². The van der Waals surface area contributed by atoms with E-state index < -0.39 is 11.7 Å². The minimum absolute atomic E-state index is 0.0808. The van der Waals surface area contributed by atoms with Gasteiger partial charge in [-0.1, -0.05) is 0 Å². The van der Waals surface area contributed by atoms with Crippen LogP contribution in [0.1, 0.15) is 6.42 Å². The highest BCUT2D eigenvalue weighted by Gasteiger charge is 2.13. The van der Waals surface area contributed by atoms with Crippen molar-refractivity contribution in [2.75, 3.05) is 13.6 Å². The van der Waals surface area contributed by atoms with Gasteiger partial charge in [-0.05, 0) is 0 Å². The third-order valence-electron chi connectivity index (χ3n) is 1.33. The van der Waals surface area contributed by atoms with Gasteiger partial charge in [-0.25, -0.2) is 0 Å². The lowest BCUT2D eigenvalue weighted by Crippen LogP contribution is -2.21. The highest BCUT2D eigenvalue weighted by Crippen LogP contribution is 1.95. The van der Waals surface area contributed by atoms with Crippen LogP contribution in [0.2, 0.25) is 0 Å². The number of nitrogens with two attached hydrogens (primary N) is 1. The first-order chi connectivity index (χ1) is 6.47. The largest absolute Gasteiger partial charge is 0.363 e. The van der Waals surface area contributed by atoms with Crippen LogP contribution in [-0.4, -0.2) is 30.2 Å². The van der Waals surface area contributed by atoms with Crippen LogP contribution in [0, 0.1) is 4.91 Å². The molecule has 0 unspecified atom stereocenters. The Bertz CT molecular complexity index is 288. The second-order valence-electron chi connectivity index (χ2n) is 2.41. The predicted octanol–water partition coefficient (Wildman–Crippen LogP) is -0.802. The van der Waals surface area contributed by atoms with E-state index in [1.54, 1.807) is 0 Å². The molecule has 0 bridgehead atoms. The number of nitroso groups, excluding NO2 is 1. The van der Waals surface area contributed by atoms with Gasteiger partial charge in [0.25, 0.3) is 17.9 Å². The Balaban J connectivity index is 4.05. The van der Waals surface area contributed by atoms with E-state index in [1.807, 2.05) is 0 Å². The Morgan fingerprint density at radius 2 is 2.14 bits per heavy atom. The normalized spacial score (nSPS) is 10.9. The number of nitrogens with one attached hydrogen (secondary N) is 1. The second-order valence-corrected chi connectivity index (χ2v) is 2.41. The molecule has 0 saturated carbocycles. The minimum Gasteiger partial charge on any atom is -0.363 e. The summed E-state index contributed by atoms with van der Waals surface area (Å²) in [6.07, 6.45) is 0.327. The Hall–Kier alpha value is -1.79. The molecule has 0 aliphatic heterocycles. The molecule has 14 heavy (non-hydrogen) atoms. The molecule has 0 fully saturated rings. The molecule has 0 aromatic rings. The van der Waals surface area contributed by atoms with E-state index in [0.29, 0.717) is 6.20 Å². The molecule has 0 aliphatic rings. The molecular weight excluding hydrogens is 193 g/mol. The number of amides is 2. The van der Waals surface area contributed by atoms with Crippen molar-refractivity contribution in [3.05, 3.63) is 16.9 Å². The molecule has 7 heteroatoms. The summed E-state index contributed by atoms with van der Waals surface area (Å²) in [5.74, 6) is -3.00. The number of hydrogen-bond acceptors (Lipinski definition) is 3. The van der Waals surface area contributed by atoms with Crippen molar-refractivity contribution in [2.45, 2.75) is 6.42 Å².